The maximum absolute atomic E-state index is 11.8. The average molecular weight is 305 g/mol. The van der Waals surface area contributed by atoms with E-state index in [-0.39, 0.29) is 5.75 Å². The first kappa shape index (κ1) is 16.5. The number of phenolic OH excluding ortho intramolecular Hbond substituents is 1. The lowest BCUT2D eigenvalue weighted by molar-refractivity contribution is 0.0354. The summed E-state index contributed by atoms with van der Waals surface area (Å²) in [6, 6.07) is 4.84. The van der Waals surface area contributed by atoms with Gasteiger partial charge in [0.2, 0.25) is 0 Å². The summed E-state index contributed by atoms with van der Waals surface area (Å²) in [7, 11) is 0. The monoisotopic (exact) mass is 305 g/mol. The lowest BCUT2D eigenvalue weighted by Crippen LogP contribution is -2.38. The van der Waals surface area contributed by atoms with Crippen LogP contribution in [0.3, 0.4) is 0 Å². The van der Waals surface area contributed by atoms with E-state index in [4.69, 9.17) is 4.42 Å². The van der Waals surface area contributed by atoms with Crippen LogP contribution >= 0.6 is 0 Å². The molecule has 0 saturated carbocycles. The maximum Gasteiger partial charge on any atom is 0.336 e. The Bertz CT molecular complexity index is 728. The van der Waals surface area contributed by atoms with Crippen molar-refractivity contribution in [3.63, 3.8) is 0 Å². The Kier molecular flexibility index (Phi) is 4.58. The van der Waals surface area contributed by atoms with Crippen LogP contribution in [0.2, 0.25) is 0 Å². The summed E-state index contributed by atoms with van der Waals surface area (Å²) < 4.78 is 5.25. The summed E-state index contributed by atoms with van der Waals surface area (Å²) >= 11 is 0. The molecular weight excluding hydrogens is 282 g/mol. The van der Waals surface area contributed by atoms with Gasteiger partial charge in [-0.05, 0) is 45.0 Å². The molecular formula is C17H23NO4. The second-order valence-corrected chi connectivity index (χ2v) is 6.29. The number of likely N-dealkylation sites (N-methyl/N-ethyl adjacent to an activating group) is 1. The summed E-state index contributed by atoms with van der Waals surface area (Å²) in [6.07, 6.45) is 0. The molecule has 0 aliphatic rings. The second-order valence-electron chi connectivity index (χ2n) is 6.29. The van der Waals surface area contributed by atoms with Gasteiger partial charge < -0.3 is 14.6 Å². The highest BCUT2D eigenvalue weighted by atomic mass is 16.4. The highest BCUT2D eigenvalue weighted by Crippen LogP contribution is 2.28. The van der Waals surface area contributed by atoms with Crippen molar-refractivity contribution in [3.8, 4) is 5.75 Å². The predicted octanol–water partition coefficient (Wildman–Crippen LogP) is 2.40. The van der Waals surface area contributed by atoms with Crippen LogP contribution in [-0.2, 0) is 6.54 Å². The van der Waals surface area contributed by atoms with Gasteiger partial charge in [0.1, 0.15) is 11.3 Å². The number of aromatic hydroxyl groups is 1. The SMILES string of the molecule is CCN(Cc1cc(=O)oc2c(C)c(O)ccc12)CC(C)(C)O. The average Bonchev–Trinajstić information content (AvgIpc) is 2.41. The molecule has 1 heterocycles. The minimum atomic E-state index is -0.806. The van der Waals surface area contributed by atoms with E-state index in [0.717, 1.165) is 17.5 Å². The van der Waals surface area contributed by atoms with E-state index in [1.54, 1.807) is 32.9 Å². The Morgan fingerprint density at radius 1 is 1.32 bits per heavy atom. The molecule has 0 aliphatic heterocycles. The summed E-state index contributed by atoms with van der Waals surface area (Å²) in [4.78, 5) is 13.9. The van der Waals surface area contributed by atoms with Gasteiger partial charge in [-0.1, -0.05) is 6.92 Å². The molecule has 120 valence electrons. The van der Waals surface area contributed by atoms with Gasteiger partial charge in [0, 0.05) is 30.1 Å². The number of hydrogen-bond donors (Lipinski definition) is 2. The van der Waals surface area contributed by atoms with Gasteiger partial charge in [-0.25, -0.2) is 4.79 Å². The van der Waals surface area contributed by atoms with E-state index < -0.39 is 11.2 Å². The third-order valence-corrected chi connectivity index (χ3v) is 3.67. The number of aryl methyl sites for hydroxylation is 1. The van der Waals surface area contributed by atoms with Crippen LogP contribution in [0.25, 0.3) is 11.0 Å². The number of aliphatic hydroxyl groups is 1. The molecule has 1 aromatic heterocycles. The number of rotatable bonds is 5. The van der Waals surface area contributed by atoms with Gasteiger partial charge in [-0.3, -0.25) is 4.90 Å². The zero-order chi connectivity index (χ0) is 16.5. The van der Waals surface area contributed by atoms with Crippen molar-refractivity contribution in [3.05, 3.63) is 39.7 Å². The van der Waals surface area contributed by atoms with Crippen LogP contribution in [0, 0.1) is 6.92 Å². The zero-order valence-electron chi connectivity index (χ0n) is 13.5. The molecule has 5 heteroatoms. The van der Waals surface area contributed by atoms with Crippen molar-refractivity contribution < 1.29 is 14.6 Å². The smallest absolute Gasteiger partial charge is 0.336 e. The fourth-order valence-electron chi connectivity index (χ4n) is 2.61. The number of nitrogens with zero attached hydrogens (tertiary/aromatic N) is 1. The lowest BCUT2D eigenvalue weighted by Gasteiger charge is -2.28. The molecule has 0 aliphatic carbocycles. The van der Waals surface area contributed by atoms with Crippen LogP contribution in [0.1, 0.15) is 31.9 Å². The summed E-state index contributed by atoms with van der Waals surface area (Å²) in [5, 5.41) is 20.6. The Balaban J connectivity index is 2.47. The second kappa shape index (κ2) is 6.10. The van der Waals surface area contributed by atoms with E-state index in [2.05, 4.69) is 4.90 Å². The zero-order valence-corrected chi connectivity index (χ0v) is 13.5. The molecule has 0 spiro atoms. The van der Waals surface area contributed by atoms with Crippen molar-refractivity contribution in [2.75, 3.05) is 13.1 Å². The summed E-state index contributed by atoms with van der Waals surface area (Å²) in [5.74, 6) is 0.108. The minimum absolute atomic E-state index is 0.108. The van der Waals surface area contributed by atoms with Crippen LogP contribution in [0.5, 0.6) is 5.75 Å². The van der Waals surface area contributed by atoms with Crippen LogP contribution in [0.15, 0.2) is 27.4 Å². The molecule has 0 saturated heterocycles. The predicted molar refractivity (Wildman–Crippen MR) is 86.1 cm³/mol. The molecule has 0 fully saturated rings. The van der Waals surface area contributed by atoms with Crippen molar-refractivity contribution in [1.82, 2.24) is 4.90 Å². The number of fused-ring (bicyclic) bond motifs is 1. The molecule has 5 nitrogen and oxygen atoms in total. The largest absolute Gasteiger partial charge is 0.508 e. The van der Waals surface area contributed by atoms with E-state index in [1.807, 2.05) is 6.92 Å². The third-order valence-electron chi connectivity index (χ3n) is 3.67. The summed E-state index contributed by atoms with van der Waals surface area (Å²) in [5.41, 5.74) is 0.569. The topological polar surface area (TPSA) is 73.9 Å². The lowest BCUT2D eigenvalue weighted by atomic mass is 10.0. The Morgan fingerprint density at radius 2 is 2.00 bits per heavy atom. The molecule has 0 radical (unpaired) electrons. The molecule has 22 heavy (non-hydrogen) atoms. The molecule has 0 bridgehead atoms. The van der Waals surface area contributed by atoms with Gasteiger partial charge in [0.25, 0.3) is 0 Å². The van der Waals surface area contributed by atoms with Gasteiger partial charge in [-0.2, -0.15) is 0 Å². The van der Waals surface area contributed by atoms with Crippen LogP contribution in [-0.4, -0.2) is 33.8 Å². The highest BCUT2D eigenvalue weighted by molar-refractivity contribution is 5.84. The molecule has 0 atom stereocenters. The standard InChI is InChI=1S/C17H23NO4/c1-5-18(10-17(3,4)21)9-12-8-15(20)22-16-11(2)14(19)7-6-13(12)16/h6-8,19,21H,5,9-10H2,1-4H3. The fraction of sp³-hybridized carbons (Fsp3) is 0.471. The highest BCUT2D eigenvalue weighted by Gasteiger charge is 2.19. The molecule has 1 aromatic carbocycles. The molecule has 0 amide bonds. The van der Waals surface area contributed by atoms with E-state index in [9.17, 15) is 15.0 Å². The number of phenols is 1. The Hall–Kier alpha value is -1.85. The van der Waals surface area contributed by atoms with Gasteiger partial charge in [-0.15, -0.1) is 0 Å². The third kappa shape index (κ3) is 3.67. The first-order valence-electron chi connectivity index (χ1n) is 7.41. The summed E-state index contributed by atoms with van der Waals surface area (Å²) in [6.45, 7) is 9.04. The minimum Gasteiger partial charge on any atom is -0.508 e. The Morgan fingerprint density at radius 3 is 2.59 bits per heavy atom. The van der Waals surface area contributed by atoms with Crippen LogP contribution < -0.4 is 5.63 Å². The maximum atomic E-state index is 11.8. The van der Waals surface area contributed by atoms with E-state index >= 15 is 0 Å². The van der Waals surface area contributed by atoms with Gasteiger partial charge in [0.05, 0.1) is 5.60 Å². The van der Waals surface area contributed by atoms with Gasteiger partial charge in [0.15, 0.2) is 0 Å². The van der Waals surface area contributed by atoms with Crippen molar-refractivity contribution in [1.29, 1.82) is 0 Å². The normalized spacial score (nSPS) is 12.3. The molecule has 2 rings (SSSR count). The van der Waals surface area contributed by atoms with E-state index in [1.165, 1.54) is 6.07 Å². The van der Waals surface area contributed by atoms with Crippen molar-refractivity contribution in [2.24, 2.45) is 0 Å². The van der Waals surface area contributed by atoms with Gasteiger partial charge >= 0.3 is 5.63 Å². The first-order valence-corrected chi connectivity index (χ1v) is 7.41. The van der Waals surface area contributed by atoms with Crippen molar-refractivity contribution >= 4 is 11.0 Å². The van der Waals surface area contributed by atoms with Crippen LogP contribution in [0.4, 0.5) is 0 Å². The number of benzene rings is 1. The van der Waals surface area contributed by atoms with Crippen molar-refractivity contribution in [2.45, 2.75) is 39.8 Å². The number of hydrogen-bond acceptors (Lipinski definition) is 5. The Labute approximate surface area is 129 Å². The quantitative estimate of drug-likeness (QED) is 0.830. The van der Waals surface area contributed by atoms with E-state index in [0.29, 0.717) is 24.2 Å². The first-order chi connectivity index (χ1) is 10.2. The molecule has 2 aromatic rings. The fourth-order valence-corrected chi connectivity index (χ4v) is 2.61. The molecule has 0 unspecified atom stereocenters. The molecule has 2 N–H and O–H groups in total.